The van der Waals surface area contributed by atoms with Crippen LogP contribution in [-0.4, -0.2) is 70.6 Å². The number of hydrogen-bond acceptors (Lipinski definition) is 7. The standard InChI is InChI=1S/C22H24ClN5O3/c1-13-21(14(2)28(26-13)16-11-30-12-16)15-3-5-25-20(7-15)31-17-4-6-27(10-17)18-8-24-9-19(29)22(18)23/h3,5,7-8,16-17H,4,6,9-12H2,1-2H3/t17-/m1/s1. The molecule has 2 aromatic rings. The van der Waals surface area contributed by atoms with E-state index in [4.69, 9.17) is 26.2 Å². The highest BCUT2D eigenvalue weighted by molar-refractivity contribution is 6.44. The van der Waals surface area contributed by atoms with Gasteiger partial charge in [0.05, 0.1) is 37.2 Å². The first-order valence-electron chi connectivity index (χ1n) is 10.5. The summed E-state index contributed by atoms with van der Waals surface area (Å²) >= 11 is 6.21. The number of dihydropyridines is 1. The maximum absolute atomic E-state index is 11.8. The number of ether oxygens (including phenoxy) is 2. The summed E-state index contributed by atoms with van der Waals surface area (Å²) in [5, 5.41) is 4.99. The highest BCUT2D eigenvalue weighted by Gasteiger charge is 2.30. The van der Waals surface area contributed by atoms with Gasteiger partial charge in [0.1, 0.15) is 17.7 Å². The lowest BCUT2D eigenvalue weighted by molar-refractivity contribution is -0.113. The highest BCUT2D eigenvalue weighted by atomic mass is 35.5. The summed E-state index contributed by atoms with van der Waals surface area (Å²) in [4.78, 5) is 22.4. The van der Waals surface area contributed by atoms with Crippen LogP contribution in [0.5, 0.6) is 5.88 Å². The minimum absolute atomic E-state index is 0.0396. The van der Waals surface area contributed by atoms with Crippen LogP contribution in [0.1, 0.15) is 23.9 Å². The summed E-state index contributed by atoms with van der Waals surface area (Å²) in [5.74, 6) is 0.439. The van der Waals surface area contributed by atoms with Crippen molar-refractivity contribution in [2.45, 2.75) is 32.4 Å². The van der Waals surface area contributed by atoms with Gasteiger partial charge in [0.2, 0.25) is 5.88 Å². The third-order valence-corrected chi connectivity index (χ3v) is 6.41. The lowest BCUT2D eigenvalue weighted by atomic mass is 10.0. The Kier molecular flexibility index (Phi) is 5.27. The predicted octanol–water partition coefficient (Wildman–Crippen LogP) is 2.69. The van der Waals surface area contributed by atoms with Crippen molar-refractivity contribution >= 4 is 23.6 Å². The number of nitrogens with zero attached hydrogens (tertiary/aromatic N) is 5. The number of carbonyl (C=O) groups excluding carboxylic acids is 1. The average Bonchev–Trinajstić information content (AvgIpc) is 3.27. The van der Waals surface area contributed by atoms with Crippen molar-refractivity contribution < 1.29 is 14.3 Å². The number of allylic oxidation sites excluding steroid dienone is 1. The molecule has 3 aliphatic heterocycles. The summed E-state index contributed by atoms with van der Waals surface area (Å²) in [5.41, 5.74) is 4.94. The van der Waals surface area contributed by atoms with Gasteiger partial charge >= 0.3 is 0 Å². The second-order valence-electron chi connectivity index (χ2n) is 8.13. The van der Waals surface area contributed by atoms with Gasteiger partial charge in [0.25, 0.3) is 0 Å². The zero-order valence-electron chi connectivity index (χ0n) is 17.5. The molecule has 0 amide bonds. The number of halogens is 1. The first kappa shape index (κ1) is 20.2. The summed E-state index contributed by atoms with van der Waals surface area (Å²) in [6, 6.07) is 4.27. The van der Waals surface area contributed by atoms with E-state index in [-0.39, 0.29) is 23.5 Å². The number of aromatic nitrogens is 3. The molecule has 1 atom stereocenters. The van der Waals surface area contributed by atoms with Crippen molar-refractivity contribution in [1.82, 2.24) is 19.7 Å². The van der Waals surface area contributed by atoms with Gasteiger partial charge in [-0.25, -0.2) is 4.98 Å². The number of ketones is 1. The summed E-state index contributed by atoms with van der Waals surface area (Å²) in [7, 11) is 0. The molecule has 31 heavy (non-hydrogen) atoms. The molecule has 2 fully saturated rings. The van der Waals surface area contributed by atoms with E-state index in [1.807, 2.05) is 19.1 Å². The zero-order chi connectivity index (χ0) is 21.5. The normalized spacial score (nSPS) is 21.7. The zero-order valence-corrected chi connectivity index (χ0v) is 18.3. The van der Waals surface area contributed by atoms with Gasteiger partial charge in [-0.3, -0.25) is 14.5 Å². The van der Waals surface area contributed by atoms with Crippen LogP contribution in [0.4, 0.5) is 0 Å². The van der Waals surface area contributed by atoms with Gasteiger partial charge in [-0.1, -0.05) is 11.6 Å². The SMILES string of the molecule is Cc1nn(C2COC2)c(C)c1-c1ccnc(O[C@@H]2CCN(C3=C(Cl)C(=O)CN=C3)C2)c1. The monoisotopic (exact) mass is 441 g/mol. The first-order chi connectivity index (χ1) is 15.0. The molecule has 3 aliphatic rings. The molecule has 2 saturated heterocycles. The Balaban J connectivity index is 1.32. The number of likely N-dealkylation sites (tertiary alicyclic amines) is 1. The average molecular weight is 442 g/mol. The summed E-state index contributed by atoms with van der Waals surface area (Å²) in [6.07, 6.45) is 4.23. The molecule has 0 saturated carbocycles. The van der Waals surface area contributed by atoms with Crippen LogP contribution in [0.3, 0.4) is 0 Å². The van der Waals surface area contributed by atoms with Crippen molar-refractivity contribution in [3.63, 3.8) is 0 Å². The maximum Gasteiger partial charge on any atom is 0.214 e. The van der Waals surface area contributed by atoms with Crippen molar-refractivity contribution in [2.75, 3.05) is 32.8 Å². The third-order valence-electron chi connectivity index (χ3n) is 6.01. The molecule has 162 valence electrons. The maximum atomic E-state index is 11.8. The molecule has 0 radical (unpaired) electrons. The fourth-order valence-electron chi connectivity index (χ4n) is 4.35. The van der Waals surface area contributed by atoms with Crippen LogP contribution in [-0.2, 0) is 9.53 Å². The number of hydrogen-bond donors (Lipinski definition) is 0. The van der Waals surface area contributed by atoms with Crippen molar-refractivity contribution in [3.05, 3.63) is 40.4 Å². The Labute approximate surface area is 185 Å². The van der Waals surface area contributed by atoms with Crippen LogP contribution >= 0.6 is 11.6 Å². The topological polar surface area (TPSA) is 81.8 Å². The van der Waals surface area contributed by atoms with Gasteiger partial charge in [-0.2, -0.15) is 5.10 Å². The number of carbonyl (C=O) groups is 1. The van der Waals surface area contributed by atoms with E-state index in [2.05, 4.69) is 26.5 Å². The molecule has 9 heteroatoms. The molecular formula is C22H24ClN5O3. The molecule has 5 rings (SSSR count). The third kappa shape index (κ3) is 3.74. The van der Waals surface area contributed by atoms with E-state index in [9.17, 15) is 4.79 Å². The molecule has 0 bridgehead atoms. The van der Waals surface area contributed by atoms with Gasteiger partial charge in [-0.15, -0.1) is 0 Å². The molecule has 8 nitrogen and oxygen atoms in total. The fraction of sp³-hybridized carbons (Fsp3) is 0.455. The first-order valence-corrected chi connectivity index (χ1v) is 10.8. The number of aliphatic imine (C=N–C) groups is 1. The lowest BCUT2D eigenvalue weighted by Gasteiger charge is -2.27. The van der Waals surface area contributed by atoms with Crippen LogP contribution in [0.25, 0.3) is 11.1 Å². The minimum Gasteiger partial charge on any atom is -0.472 e. The van der Waals surface area contributed by atoms with E-state index in [1.54, 1.807) is 12.4 Å². The Hall–Kier alpha value is -2.71. The van der Waals surface area contributed by atoms with Gasteiger partial charge in [0, 0.05) is 42.7 Å². The summed E-state index contributed by atoms with van der Waals surface area (Å²) in [6.45, 7) is 7.04. The molecule has 0 unspecified atom stereocenters. The Morgan fingerprint density at radius 1 is 1.29 bits per heavy atom. The number of aryl methyl sites for hydroxylation is 1. The molecule has 0 aliphatic carbocycles. The second-order valence-corrected chi connectivity index (χ2v) is 8.51. The van der Waals surface area contributed by atoms with Crippen LogP contribution in [0, 0.1) is 13.8 Å². The Morgan fingerprint density at radius 2 is 2.13 bits per heavy atom. The van der Waals surface area contributed by atoms with Gasteiger partial charge in [-0.05, 0) is 25.5 Å². The smallest absolute Gasteiger partial charge is 0.214 e. The van der Waals surface area contributed by atoms with E-state index in [0.717, 1.165) is 35.5 Å². The van der Waals surface area contributed by atoms with Crippen molar-refractivity contribution in [3.8, 4) is 17.0 Å². The number of rotatable bonds is 5. The molecule has 0 N–H and O–H groups in total. The highest BCUT2D eigenvalue weighted by Crippen LogP contribution is 2.32. The van der Waals surface area contributed by atoms with E-state index in [1.165, 1.54) is 0 Å². The number of Topliss-reactive ketones (excluding diaryl/α,β-unsaturated/α-hetero) is 1. The fourth-order valence-corrected chi connectivity index (χ4v) is 4.58. The van der Waals surface area contributed by atoms with Gasteiger partial charge in [0.15, 0.2) is 5.78 Å². The molecule has 2 aromatic heterocycles. The molecule has 0 spiro atoms. The molecular weight excluding hydrogens is 418 g/mol. The lowest BCUT2D eigenvalue weighted by Crippen LogP contribution is -2.32. The quantitative estimate of drug-likeness (QED) is 0.709. The molecule has 5 heterocycles. The van der Waals surface area contributed by atoms with E-state index >= 15 is 0 Å². The van der Waals surface area contributed by atoms with Crippen molar-refractivity contribution in [1.29, 1.82) is 0 Å². The minimum atomic E-state index is -0.141. The largest absolute Gasteiger partial charge is 0.472 e. The number of pyridine rings is 1. The van der Waals surface area contributed by atoms with Gasteiger partial charge < -0.3 is 14.4 Å². The van der Waals surface area contributed by atoms with E-state index in [0.29, 0.717) is 37.4 Å². The Bertz CT molecular complexity index is 1090. The van der Waals surface area contributed by atoms with Crippen LogP contribution < -0.4 is 4.74 Å². The second kappa shape index (κ2) is 8.09. The van der Waals surface area contributed by atoms with Crippen molar-refractivity contribution in [2.24, 2.45) is 4.99 Å². The molecule has 0 aromatic carbocycles. The van der Waals surface area contributed by atoms with Crippen LogP contribution in [0.15, 0.2) is 34.1 Å². The Morgan fingerprint density at radius 3 is 2.90 bits per heavy atom. The predicted molar refractivity (Wildman–Crippen MR) is 117 cm³/mol. The van der Waals surface area contributed by atoms with E-state index < -0.39 is 0 Å². The van der Waals surface area contributed by atoms with Crippen LogP contribution in [0.2, 0.25) is 0 Å². The summed E-state index contributed by atoms with van der Waals surface area (Å²) < 4.78 is 13.6.